The summed E-state index contributed by atoms with van der Waals surface area (Å²) in [6.07, 6.45) is 0. The lowest BCUT2D eigenvalue weighted by molar-refractivity contribution is -0.119. The third kappa shape index (κ3) is 1.52. The second-order valence-electron chi connectivity index (χ2n) is 4.96. The van der Waals surface area contributed by atoms with Crippen LogP contribution in [0.25, 0.3) is 0 Å². The smallest absolute Gasteiger partial charge is 0.254 e. The number of carbonyl (C=O) groups is 1. The first kappa shape index (κ1) is 12.0. The van der Waals surface area contributed by atoms with E-state index in [0.717, 1.165) is 17.0 Å². The Kier molecular flexibility index (Phi) is 2.49. The van der Waals surface area contributed by atoms with Crippen molar-refractivity contribution in [2.75, 3.05) is 11.9 Å². The van der Waals surface area contributed by atoms with Crippen LogP contribution in [0.5, 0.6) is 0 Å². The zero-order valence-corrected chi connectivity index (χ0v) is 11.1. The van der Waals surface area contributed by atoms with Crippen LogP contribution in [0.3, 0.4) is 0 Å². The van der Waals surface area contributed by atoms with Gasteiger partial charge >= 0.3 is 0 Å². The number of halogens is 1. The summed E-state index contributed by atoms with van der Waals surface area (Å²) in [5.74, 6) is -0.444. The number of hydrogen-bond acceptors (Lipinski definition) is 1. The molecule has 0 N–H and O–H groups in total. The highest BCUT2D eigenvalue weighted by Gasteiger charge is 2.38. The number of rotatable bonds is 1. The number of aryl methyl sites for hydroxylation is 2. The van der Waals surface area contributed by atoms with Crippen LogP contribution in [0.1, 0.15) is 23.0 Å². The van der Waals surface area contributed by atoms with Crippen LogP contribution in [-0.2, 0) is 4.79 Å². The molecule has 0 bridgehead atoms. The van der Waals surface area contributed by atoms with Gasteiger partial charge in [0.2, 0.25) is 0 Å². The Morgan fingerprint density at radius 3 is 2.37 bits per heavy atom. The van der Waals surface area contributed by atoms with Crippen molar-refractivity contribution in [2.24, 2.45) is 0 Å². The fourth-order valence-electron chi connectivity index (χ4n) is 2.87. The average molecular weight is 258 g/mol. The van der Waals surface area contributed by atoms with E-state index in [1.165, 1.54) is 11.0 Å². The van der Waals surface area contributed by atoms with Crippen LogP contribution >= 0.6 is 0 Å². The van der Waals surface area contributed by atoms with E-state index in [2.05, 4.69) is 0 Å². The molecule has 1 atom stereocenters. The minimum Gasteiger partial charge on any atom is -0.333 e. The molecule has 3 rings (SSSR count). The maximum absolute atomic E-state index is 13.9. The van der Waals surface area contributed by atoms with Gasteiger partial charge in [-0.3, -0.25) is 4.79 Å². The van der Waals surface area contributed by atoms with Crippen LogP contribution < -0.4 is 4.90 Å². The topological polar surface area (TPSA) is 25.2 Å². The Balaban J connectivity index is 2.26. The number of aromatic nitrogens is 1. The van der Waals surface area contributed by atoms with Gasteiger partial charge in [0.15, 0.2) is 0 Å². The molecule has 98 valence electrons. The van der Waals surface area contributed by atoms with Gasteiger partial charge in [0, 0.05) is 24.0 Å². The summed E-state index contributed by atoms with van der Waals surface area (Å²) in [6, 6.07) is 8.36. The van der Waals surface area contributed by atoms with Crippen LogP contribution in [0.2, 0.25) is 0 Å². The maximum Gasteiger partial charge on any atom is 0.254 e. The Morgan fingerprint density at radius 1 is 1.11 bits per heavy atom. The number of amides is 1. The molecular weight excluding hydrogens is 243 g/mol. The van der Waals surface area contributed by atoms with Gasteiger partial charge in [0.1, 0.15) is 11.9 Å². The zero-order valence-electron chi connectivity index (χ0n) is 11.1. The van der Waals surface area contributed by atoms with Gasteiger partial charge in [0.05, 0.1) is 5.69 Å². The van der Waals surface area contributed by atoms with E-state index in [9.17, 15) is 9.18 Å². The van der Waals surface area contributed by atoms with Crippen LogP contribution in [0.15, 0.2) is 30.3 Å². The van der Waals surface area contributed by atoms with Crippen LogP contribution in [0, 0.1) is 19.7 Å². The monoisotopic (exact) mass is 258 g/mol. The first-order valence-electron chi connectivity index (χ1n) is 6.22. The molecule has 1 aliphatic rings. The number of benzene rings is 1. The van der Waals surface area contributed by atoms with Gasteiger partial charge in [-0.05, 0) is 32.0 Å². The Labute approximate surface area is 111 Å². The number of para-hydroxylation sites is 1. The second-order valence-corrected chi connectivity index (χ2v) is 4.96. The van der Waals surface area contributed by atoms with E-state index in [1.807, 2.05) is 36.6 Å². The van der Waals surface area contributed by atoms with Crippen molar-refractivity contribution in [3.8, 4) is 0 Å². The molecule has 3 nitrogen and oxygen atoms in total. The lowest BCUT2D eigenvalue weighted by atomic mass is 10.1. The third-order valence-electron chi connectivity index (χ3n) is 3.80. The number of nitrogens with zero attached hydrogens (tertiary/aromatic N) is 2. The first-order valence-corrected chi connectivity index (χ1v) is 6.22. The molecule has 0 aliphatic carbocycles. The molecule has 4 heteroatoms. The summed E-state index contributed by atoms with van der Waals surface area (Å²) >= 11 is 0. The maximum atomic E-state index is 13.9. The summed E-state index contributed by atoms with van der Waals surface area (Å²) in [7, 11) is 1.62. The predicted molar refractivity (Wildman–Crippen MR) is 71.9 cm³/mol. The second kappa shape index (κ2) is 3.95. The number of hydrogen-bond donors (Lipinski definition) is 0. The number of anilines is 1. The fraction of sp³-hybridized carbons (Fsp3) is 0.267. The molecule has 1 aromatic carbocycles. The summed E-state index contributed by atoms with van der Waals surface area (Å²) in [4.78, 5) is 13.9. The van der Waals surface area contributed by atoms with Crippen molar-refractivity contribution in [3.63, 3.8) is 0 Å². The van der Waals surface area contributed by atoms with E-state index in [1.54, 1.807) is 13.1 Å². The van der Waals surface area contributed by atoms with Gasteiger partial charge in [0.25, 0.3) is 5.91 Å². The van der Waals surface area contributed by atoms with E-state index >= 15 is 0 Å². The largest absolute Gasteiger partial charge is 0.333 e. The number of carbonyl (C=O) groups excluding carboxylic acids is 1. The first-order chi connectivity index (χ1) is 9.02. The molecular formula is C15H15FN2O. The van der Waals surface area contributed by atoms with E-state index < -0.39 is 6.04 Å². The van der Waals surface area contributed by atoms with Crippen molar-refractivity contribution in [1.82, 2.24) is 4.57 Å². The molecule has 2 aromatic rings. The SMILES string of the molecule is Cc1ccc(C)n1C1C(=O)N(C)c2c(F)cccc21. The molecule has 1 amide bonds. The Bertz CT molecular complexity index is 655. The van der Waals surface area contributed by atoms with E-state index in [-0.39, 0.29) is 11.7 Å². The molecule has 0 fully saturated rings. The highest BCUT2D eigenvalue weighted by atomic mass is 19.1. The summed E-state index contributed by atoms with van der Waals surface area (Å²) in [5, 5.41) is 0. The molecule has 2 heterocycles. The predicted octanol–water partition coefficient (Wildman–Crippen LogP) is 2.81. The van der Waals surface area contributed by atoms with Crippen molar-refractivity contribution >= 4 is 11.6 Å². The van der Waals surface area contributed by atoms with Gasteiger partial charge < -0.3 is 9.47 Å². The van der Waals surface area contributed by atoms with Gasteiger partial charge in [-0.1, -0.05) is 12.1 Å². The van der Waals surface area contributed by atoms with Crippen LogP contribution in [0.4, 0.5) is 10.1 Å². The lowest BCUT2D eigenvalue weighted by Gasteiger charge is -2.17. The quantitative estimate of drug-likeness (QED) is 0.772. The minimum atomic E-state index is -0.453. The Morgan fingerprint density at radius 2 is 1.74 bits per heavy atom. The molecule has 0 spiro atoms. The standard InChI is InChI=1S/C15H15FN2O/c1-9-7-8-10(2)18(9)14-11-5-4-6-12(16)13(11)17(3)15(14)19/h4-8,14H,1-3H3. The number of likely N-dealkylation sites (N-methyl/N-ethyl adjacent to an activating group) is 1. The van der Waals surface area contributed by atoms with Crippen molar-refractivity contribution < 1.29 is 9.18 Å². The molecule has 0 saturated heterocycles. The van der Waals surface area contributed by atoms with Gasteiger partial charge in [-0.2, -0.15) is 0 Å². The highest BCUT2D eigenvalue weighted by molar-refractivity contribution is 6.04. The lowest BCUT2D eigenvalue weighted by Crippen LogP contribution is -2.28. The highest BCUT2D eigenvalue weighted by Crippen LogP contribution is 2.40. The van der Waals surface area contributed by atoms with Crippen molar-refractivity contribution in [1.29, 1.82) is 0 Å². The molecule has 1 unspecified atom stereocenters. The van der Waals surface area contributed by atoms with Crippen LogP contribution in [-0.4, -0.2) is 17.5 Å². The number of fused-ring (bicyclic) bond motifs is 1. The molecule has 0 radical (unpaired) electrons. The summed E-state index contributed by atoms with van der Waals surface area (Å²) in [6.45, 7) is 3.91. The Hall–Kier alpha value is -2.10. The molecule has 1 aromatic heterocycles. The molecule has 1 aliphatic heterocycles. The van der Waals surface area contributed by atoms with E-state index in [0.29, 0.717) is 5.69 Å². The van der Waals surface area contributed by atoms with Crippen molar-refractivity contribution in [2.45, 2.75) is 19.9 Å². The third-order valence-corrected chi connectivity index (χ3v) is 3.80. The fourth-order valence-corrected chi connectivity index (χ4v) is 2.87. The summed E-state index contributed by atoms with van der Waals surface area (Å²) < 4.78 is 15.9. The zero-order chi connectivity index (χ0) is 13.7. The molecule has 0 saturated carbocycles. The normalized spacial score (nSPS) is 18.0. The molecule has 19 heavy (non-hydrogen) atoms. The van der Waals surface area contributed by atoms with Crippen molar-refractivity contribution in [3.05, 3.63) is 53.1 Å². The average Bonchev–Trinajstić information content (AvgIpc) is 2.81. The van der Waals surface area contributed by atoms with Gasteiger partial charge in [-0.25, -0.2) is 4.39 Å². The minimum absolute atomic E-state index is 0.0949. The van der Waals surface area contributed by atoms with E-state index in [4.69, 9.17) is 0 Å². The van der Waals surface area contributed by atoms with Gasteiger partial charge in [-0.15, -0.1) is 0 Å². The summed E-state index contributed by atoms with van der Waals surface area (Å²) in [5.41, 5.74) is 3.13.